The minimum atomic E-state index is 0.0178. The quantitative estimate of drug-likeness (QED) is 0.855. The molecule has 0 bridgehead atoms. The number of hydrogen-bond acceptors (Lipinski definition) is 5. The Hall–Kier alpha value is -1.69. The van der Waals surface area contributed by atoms with Crippen molar-refractivity contribution in [1.29, 1.82) is 0 Å². The first-order chi connectivity index (χ1) is 10.1. The zero-order valence-electron chi connectivity index (χ0n) is 12.4. The van der Waals surface area contributed by atoms with Crippen LogP contribution in [0.15, 0.2) is 28.7 Å². The SMILES string of the molecule is CCCNc1nc(OC(C)C)nc(-c2ccc(Br)cc2)n1. The summed E-state index contributed by atoms with van der Waals surface area (Å²) < 4.78 is 6.63. The first-order valence-corrected chi connectivity index (χ1v) is 7.80. The van der Waals surface area contributed by atoms with Gasteiger partial charge >= 0.3 is 6.01 Å². The van der Waals surface area contributed by atoms with E-state index in [0.717, 1.165) is 23.0 Å². The summed E-state index contributed by atoms with van der Waals surface area (Å²) in [5.41, 5.74) is 0.925. The minimum absolute atomic E-state index is 0.0178. The molecule has 2 rings (SSSR count). The largest absolute Gasteiger partial charge is 0.461 e. The predicted octanol–water partition coefficient (Wildman–Crippen LogP) is 3.91. The third-order valence-electron chi connectivity index (χ3n) is 2.59. The van der Waals surface area contributed by atoms with Crippen LogP contribution in [0, 0.1) is 0 Å². The van der Waals surface area contributed by atoms with Crippen molar-refractivity contribution in [3.8, 4) is 17.4 Å². The lowest BCUT2D eigenvalue weighted by molar-refractivity contribution is 0.222. The fourth-order valence-electron chi connectivity index (χ4n) is 1.66. The Morgan fingerprint density at radius 2 is 1.86 bits per heavy atom. The van der Waals surface area contributed by atoms with Crippen LogP contribution in [0.1, 0.15) is 27.2 Å². The Morgan fingerprint density at radius 3 is 2.48 bits per heavy atom. The van der Waals surface area contributed by atoms with Crippen LogP contribution in [-0.2, 0) is 0 Å². The standard InChI is InChI=1S/C15H19BrN4O/c1-4-9-17-14-18-13(11-5-7-12(16)8-6-11)19-15(20-14)21-10(2)3/h5-8,10H,4,9H2,1-3H3,(H,17,18,19,20). The molecule has 6 heteroatoms. The van der Waals surface area contributed by atoms with Gasteiger partial charge in [-0.3, -0.25) is 0 Å². The first-order valence-electron chi connectivity index (χ1n) is 7.01. The van der Waals surface area contributed by atoms with Crippen LogP contribution in [0.25, 0.3) is 11.4 Å². The summed E-state index contributed by atoms with van der Waals surface area (Å²) in [5, 5.41) is 3.18. The monoisotopic (exact) mass is 350 g/mol. The summed E-state index contributed by atoms with van der Waals surface area (Å²) in [6, 6.07) is 8.18. The third kappa shape index (κ3) is 4.67. The van der Waals surface area contributed by atoms with Gasteiger partial charge < -0.3 is 10.1 Å². The van der Waals surface area contributed by atoms with Gasteiger partial charge in [-0.1, -0.05) is 35.0 Å². The number of benzene rings is 1. The Balaban J connectivity index is 2.36. The lowest BCUT2D eigenvalue weighted by Crippen LogP contribution is -2.12. The molecule has 0 unspecified atom stereocenters. The van der Waals surface area contributed by atoms with Crippen LogP contribution in [0.3, 0.4) is 0 Å². The number of nitrogens with one attached hydrogen (secondary N) is 1. The molecule has 1 aromatic heterocycles. The average Bonchev–Trinajstić information content (AvgIpc) is 2.45. The van der Waals surface area contributed by atoms with Crippen LogP contribution in [0.4, 0.5) is 5.95 Å². The molecule has 21 heavy (non-hydrogen) atoms. The van der Waals surface area contributed by atoms with Gasteiger partial charge in [0.05, 0.1) is 6.10 Å². The van der Waals surface area contributed by atoms with Crippen molar-refractivity contribution in [1.82, 2.24) is 15.0 Å². The second kappa shape index (κ2) is 7.36. The summed E-state index contributed by atoms with van der Waals surface area (Å²) in [5.74, 6) is 1.15. The van der Waals surface area contributed by atoms with Gasteiger partial charge in [0.1, 0.15) is 0 Å². The van der Waals surface area contributed by atoms with Gasteiger partial charge in [-0.25, -0.2) is 0 Å². The third-order valence-corrected chi connectivity index (χ3v) is 3.12. The molecule has 0 spiro atoms. The molecule has 1 N–H and O–H groups in total. The van der Waals surface area contributed by atoms with E-state index in [1.165, 1.54) is 0 Å². The summed E-state index contributed by atoms with van der Waals surface area (Å²) >= 11 is 3.42. The summed E-state index contributed by atoms with van der Waals surface area (Å²) in [6.07, 6.45) is 1.02. The molecule has 5 nitrogen and oxygen atoms in total. The maximum atomic E-state index is 5.61. The van der Waals surface area contributed by atoms with Gasteiger partial charge in [-0.05, 0) is 32.4 Å². The fourth-order valence-corrected chi connectivity index (χ4v) is 1.93. The molecule has 0 fully saturated rings. The molecular weight excluding hydrogens is 332 g/mol. The topological polar surface area (TPSA) is 59.9 Å². The molecule has 0 aliphatic carbocycles. The Bertz CT molecular complexity index is 587. The zero-order chi connectivity index (χ0) is 15.2. The van der Waals surface area contributed by atoms with E-state index in [1.54, 1.807) is 0 Å². The zero-order valence-corrected chi connectivity index (χ0v) is 14.0. The van der Waals surface area contributed by atoms with Gasteiger partial charge in [0.2, 0.25) is 5.95 Å². The predicted molar refractivity (Wildman–Crippen MR) is 87.5 cm³/mol. The van der Waals surface area contributed by atoms with Crippen LogP contribution in [0.2, 0.25) is 0 Å². The Morgan fingerprint density at radius 1 is 1.14 bits per heavy atom. The van der Waals surface area contributed by atoms with Crippen molar-refractivity contribution in [2.45, 2.75) is 33.3 Å². The van der Waals surface area contributed by atoms with Crippen molar-refractivity contribution >= 4 is 21.9 Å². The minimum Gasteiger partial charge on any atom is -0.461 e. The number of ether oxygens (including phenoxy) is 1. The highest BCUT2D eigenvalue weighted by Gasteiger charge is 2.10. The molecule has 1 aromatic carbocycles. The highest BCUT2D eigenvalue weighted by Crippen LogP contribution is 2.21. The van der Waals surface area contributed by atoms with Crippen molar-refractivity contribution in [3.05, 3.63) is 28.7 Å². The van der Waals surface area contributed by atoms with E-state index in [4.69, 9.17) is 4.74 Å². The fraction of sp³-hybridized carbons (Fsp3) is 0.400. The van der Waals surface area contributed by atoms with E-state index in [9.17, 15) is 0 Å². The van der Waals surface area contributed by atoms with E-state index in [1.807, 2.05) is 38.1 Å². The van der Waals surface area contributed by atoms with Gasteiger partial charge in [-0.2, -0.15) is 15.0 Å². The summed E-state index contributed by atoms with van der Waals surface area (Å²) in [4.78, 5) is 13.1. The second-order valence-electron chi connectivity index (χ2n) is 4.87. The van der Waals surface area contributed by atoms with Crippen LogP contribution in [0.5, 0.6) is 6.01 Å². The lowest BCUT2D eigenvalue weighted by Gasteiger charge is -2.11. The maximum absolute atomic E-state index is 5.61. The average molecular weight is 351 g/mol. The molecule has 1 heterocycles. The van der Waals surface area contributed by atoms with E-state index in [2.05, 4.69) is 43.1 Å². The number of nitrogens with zero attached hydrogens (tertiary/aromatic N) is 3. The van der Waals surface area contributed by atoms with Crippen molar-refractivity contribution < 1.29 is 4.74 Å². The number of rotatable bonds is 6. The maximum Gasteiger partial charge on any atom is 0.322 e. The Labute approximate surface area is 133 Å². The molecule has 0 radical (unpaired) electrons. The van der Waals surface area contributed by atoms with Gasteiger partial charge in [-0.15, -0.1) is 0 Å². The first kappa shape index (κ1) is 15.7. The van der Waals surface area contributed by atoms with Crippen molar-refractivity contribution in [3.63, 3.8) is 0 Å². The van der Waals surface area contributed by atoms with Crippen LogP contribution < -0.4 is 10.1 Å². The van der Waals surface area contributed by atoms with Gasteiger partial charge in [0.15, 0.2) is 5.82 Å². The molecule has 0 aliphatic heterocycles. The molecule has 0 aliphatic rings. The number of halogens is 1. The van der Waals surface area contributed by atoms with Gasteiger partial charge in [0.25, 0.3) is 0 Å². The summed E-state index contributed by atoms with van der Waals surface area (Å²) in [6.45, 7) is 6.80. The second-order valence-corrected chi connectivity index (χ2v) is 5.78. The van der Waals surface area contributed by atoms with Crippen LogP contribution in [-0.4, -0.2) is 27.6 Å². The lowest BCUT2D eigenvalue weighted by atomic mass is 10.2. The summed E-state index contributed by atoms with van der Waals surface area (Å²) in [7, 11) is 0. The number of hydrogen-bond donors (Lipinski definition) is 1. The van der Waals surface area contributed by atoms with E-state index in [-0.39, 0.29) is 6.10 Å². The molecule has 112 valence electrons. The highest BCUT2D eigenvalue weighted by molar-refractivity contribution is 9.10. The number of aromatic nitrogens is 3. The normalized spacial score (nSPS) is 10.7. The van der Waals surface area contributed by atoms with Crippen molar-refractivity contribution in [2.75, 3.05) is 11.9 Å². The molecule has 0 saturated carbocycles. The molecule has 2 aromatic rings. The van der Waals surface area contributed by atoms with E-state index < -0.39 is 0 Å². The van der Waals surface area contributed by atoms with E-state index in [0.29, 0.717) is 17.8 Å². The Kier molecular flexibility index (Phi) is 5.50. The van der Waals surface area contributed by atoms with Crippen LogP contribution >= 0.6 is 15.9 Å². The van der Waals surface area contributed by atoms with Gasteiger partial charge in [0, 0.05) is 16.6 Å². The van der Waals surface area contributed by atoms with E-state index >= 15 is 0 Å². The molecular formula is C15H19BrN4O. The van der Waals surface area contributed by atoms with Crippen molar-refractivity contribution in [2.24, 2.45) is 0 Å². The highest BCUT2D eigenvalue weighted by atomic mass is 79.9. The molecule has 0 amide bonds. The smallest absolute Gasteiger partial charge is 0.322 e. The number of anilines is 1. The molecule has 0 saturated heterocycles. The molecule has 0 atom stereocenters.